The Hall–Kier alpha value is -3.35. The lowest BCUT2D eigenvalue weighted by Crippen LogP contribution is -2.49. The Balaban J connectivity index is 1.48. The summed E-state index contributed by atoms with van der Waals surface area (Å²) in [4.78, 5) is 16.7. The van der Waals surface area contributed by atoms with E-state index in [-0.39, 0.29) is 11.7 Å². The number of ether oxygens (including phenoxy) is 1. The molecule has 3 aromatic rings. The highest BCUT2D eigenvalue weighted by Crippen LogP contribution is 2.27. The molecule has 1 saturated heterocycles. The van der Waals surface area contributed by atoms with Crippen molar-refractivity contribution in [3.05, 3.63) is 66.1 Å². The van der Waals surface area contributed by atoms with E-state index in [0.29, 0.717) is 43.2 Å². The molecule has 0 aliphatic carbocycles. The zero-order valence-electron chi connectivity index (χ0n) is 15.5. The van der Waals surface area contributed by atoms with Crippen LogP contribution in [0.15, 0.2) is 59.3 Å². The Bertz CT molecular complexity index is 963. The maximum Gasteiger partial charge on any atom is 0.259 e. The van der Waals surface area contributed by atoms with E-state index in [0.717, 1.165) is 11.3 Å². The van der Waals surface area contributed by atoms with Crippen molar-refractivity contribution in [2.75, 3.05) is 38.2 Å². The molecule has 1 aliphatic heterocycles. The van der Waals surface area contributed by atoms with Crippen molar-refractivity contribution in [2.45, 2.75) is 0 Å². The lowest BCUT2D eigenvalue weighted by Gasteiger charge is -2.36. The minimum absolute atomic E-state index is 0.139. The molecule has 0 bridgehead atoms. The molecule has 0 radical (unpaired) electrons. The molecule has 6 nitrogen and oxygen atoms in total. The molecular weight excluding hydrogens is 361 g/mol. The van der Waals surface area contributed by atoms with Crippen LogP contribution in [0.4, 0.5) is 10.1 Å². The van der Waals surface area contributed by atoms with Crippen LogP contribution in [0.5, 0.6) is 5.75 Å². The number of hydrogen-bond donors (Lipinski definition) is 0. The molecule has 144 valence electrons. The number of halogens is 1. The van der Waals surface area contributed by atoms with Crippen LogP contribution in [0.1, 0.15) is 10.4 Å². The van der Waals surface area contributed by atoms with Gasteiger partial charge in [-0.05, 0) is 36.4 Å². The topological polar surface area (TPSA) is 58.8 Å². The first-order chi connectivity index (χ1) is 13.7. The van der Waals surface area contributed by atoms with Gasteiger partial charge in [-0.15, -0.1) is 0 Å². The van der Waals surface area contributed by atoms with Gasteiger partial charge in [0.2, 0.25) is 0 Å². The Morgan fingerprint density at radius 3 is 2.46 bits per heavy atom. The smallest absolute Gasteiger partial charge is 0.259 e. The average molecular weight is 381 g/mol. The first-order valence-corrected chi connectivity index (χ1v) is 9.05. The Kier molecular flexibility index (Phi) is 4.97. The second-order valence-corrected chi connectivity index (χ2v) is 6.53. The number of benzene rings is 2. The normalized spacial score (nSPS) is 14.2. The molecule has 1 fully saturated rings. The van der Waals surface area contributed by atoms with Crippen LogP contribution in [0.3, 0.4) is 0 Å². The van der Waals surface area contributed by atoms with Gasteiger partial charge in [0.25, 0.3) is 5.91 Å². The van der Waals surface area contributed by atoms with Crippen molar-refractivity contribution in [1.29, 1.82) is 0 Å². The quantitative estimate of drug-likeness (QED) is 0.693. The third-order valence-electron chi connectivity index (χ3n) is 4.91. The van der Waals surface area contributed by atoms with E-state index in [1.54, 1.807) is 36.3 Å². The average Bonchev–Trinajstić information content (AvgIpc) is 3.24. The van der Waals surface area contributed by atoms with E-state index < -0.39 is 0 Å². The second kappa shape index (κ2) is 7.72. The highest BCUT2D eigenvalue weighted by atomic mass is 19.1. The van der Waals surface area contributed by atoms with Crippen molar-refractivity contribution in [2.24, 2.45) is 0 Å². The van der Waals surface area contributed by atoms with Gasteiger partial charge in [0.15, 0.2) is 5.76 Å². The van der Waals surface area contributed by atoms with Crippen LogP contribution < -0.4 is 9.64 Å². The van der Waals surface area contributed by atoms with E-state index >= 15 is 0 Å². The predicted molar refractivity (Wildman–Crippen MR) is 103 cm³/mol. The summed E-state index contributed by atoms with van der Waals surface area (Å²) in [5.41, 5.74) is 1.75. The number of rotatable bonds is 4. The fraction of sp³-hybridized carbons (Fsp3) is 0.238. The van der Waals surface area contributed by atoms with Gasteiger partial charge in [0, 0.05) is 31.7 Å². The first-order valence-electron chi connectivity index (χ1n) is 9.05. The summed E-state index contributed by atoms with van der Waals surface area (Å²) in [5.74, 6) is 0.771. The van der Waals surface area contributed by atoms with Crippen molar-refractivity contribution < 1.29 is 18.4 Å². The van der Waals surface area contributed by atoms with E-state index in [2.05, 4.69) is 5.16 Å². The maximum absolute atomic E-state index is 14.0. The van der Waals surface area contributed by atoms with Crippen LogP contribution in [-0.2, 0) is 0 Å². The Morgan fingerprint density at radius 1 is 1.07 bits per heavy atom. The highest BCUT2D eigenvalue weighted by molar-refractivity contribution is 5.99. The third-order valence-corrected chi connectivity index (χ3v) is 4.91. The molecule has 2 heterocycles. The van der Waals surface area contributed by atoms with Gasteiger partial charge in [-0.1, -0.05) is 17.3 Å². The van der Waals surface area contributed by atoms with E-state index in [1.807, 2.05) is 23.1 Å². The van der Waals surface area contributed by atoms with Crippen LogP contribution in [0, 0.1) is 5.82 Å². The van der Waals surface area contributed by atoms with E-state index in [9.17, 15) is 9.18 Å². The Morgan fingerprint density at radius 2 is 1.79 bits per heavy atom. The predicted octanol–water partition coefficient (Wildman–Crippen LogP) is 3.45. The van der Waals surface area contributed by atoms with Gasteiger partial charge in [-0.2, -0.15) is 0 Å². The summed E-state index contributed by atoms with van der Waals surface area (Å²) in [6.45, 7) is 2.13. The van der Waals surface area contributed by atoms with Crippen molar-refractivity contribution in [3.8, 4) is 17.1 Å². The minimum Gasteiger partial charge on any atom is -0.497 e. The maximum atomic E-state index is 14.0. The molecule has 1 aliphatic rings. The van der Waals surface area contributed by atoms with E-state index in [4.69, 9.17) is 9.26 Å². The van der Waals surface area contributed by atoms with Crippen LogP contribution in [0.25, 0.3) is 11.3 Å². The summed E-state index contributed by atoms with van der Waals surface area (Å²) < 4.78 is 24.5. The standard InChI is InChI=1S/C21H20FN3O3/c1-27-16-8-6-15(7-9-16)20-17(14-23-28-20)21(26)25-12-10-24(11-13-25)19-5-3-2-4-18(19)22/h2-9,14H,10-13H2,1H3. The number of methoxy groups -OCH3 is 1. The largest absolute Gasteiger partial charge is 0.497 e. The summed E-state index contributed by atoms with van der Waals surface area (Å²) in [6.07, 6.45) is 1.45. The molecule has 0 unspecified atom stereocenters. The number of para-hydroxylation sites is 1. The first kappa shape index (κ1) is 18.0. The van der Waals surface area contributed by atoms with Gasteiger partial charge < -0.3 is 19.1 Å². The molecule has 28 heavy (non-hydrogen) atoms. The minimum atomic E-state index is -0.247. The SMILES string of the molecule is COc1ccc(-c2oncc2C(=O)N2CCN(c3ccccc3F)CC2)cc1. The molecule has 0 spiro atoms. The lowest BCUT2D eigenvalue weighted by molar-refractivity contribution is 0.0747. The van der Waals surface area contributed by atoms with Crippen LogP contribution in [0.2, 0.25) is 0 Å². The number of carbonyl (C=O) groups is 1. The summed E-state index contributed by atoms with van der Waals surface area (Å²) in [5, 5.41) is 3.82. The highest BCUT2D eigenvalue weighted by Gasteiger charge is 2.27. The summed E-state index contributed by atoms with van der Waals surface area (Å²) in [7, 11) is 1.60. The number of piperazine rings is 1. The van der Waals surface area contributed by atoms with Crippen molar-refractivity contribution in [1.82, 2.24) is 10.1 Å². The molecule has 1 amide bonds. The van der Waals surface area contributed by atoms with Gasteiger partial charge in [-0.3, -0.25) is 4.79 Å². The monoisotopic (exact) mass is 381 g/mol. The zero-order valence-corrected chi connectivity index (χ0v) is 15.5. The fourth-order valence-corrected chi connectivity index (χ4v) is 3.37. The van der Waals surface area contributed by atoms with Crippen LogP contribution in [-0.4, -0.2) is 49.3 Å². The molecule has 0 N–H and O–H groups in total. The number of hydrogen-bond acceptors (Lipinski definition) is 5. The molecule has 4 rings (SSSR count). The number of amides is 1. The van der Waals surface area contributed by atoms with Crippen LogP contribution >= 0.6 is 0 Å². The molecule has 2 aromatic carbocycles. The lowest BCUT2D eigenvalue weighted by atomic mass is 10.1. The van der Waals surface area contributed by atoms with Gasteiger partial charge in [0.05, 0.1) is 19.0 Å². The molecule has 1 aromatic heterocycles. The van der Waals surface area contributed by atoms with Crippen molar-refractivity contribution >= 4 is 11.6 Å². The molecular formula is C21H20FN3O3. The fourth-order valence-electron chi connectivity index (χ4n) is 3.37. The summed E-state index contributed by atoms with van der Waals surface area (Å²) >= 11 is 0. The van der Waals surface area contributed by atoms with Gasteiger partial charge >= 0.3 is 0 Å². The number of carbonyl (C=O) groups excluding carboxylic acids is 1. The molecule has 7 heteroatoms. The van der Waals surface area contributed by atoms with Crippen molar-refractivity contribution in [3.63, 3.8) is 0 Å². The second-order valence-electron chi connectivity index (χ2n) is 6.53. The van der Waals surface area contributed by atoms with E-state index in [1.165, 1.54) is 12.3 Å². The number of nitrogens with zero attached hydrogens (tertiary/aromatic N) is 3. The number of aromatic nitrogens is 1. The van der Waals surface area contributed by atoms with Gasteiger partial charge in [0.1, 0.15) is 17.1 Å². The molecule has 0 saturated carbocycles. The molecule has 0 atom stereocenters. The zero-order chi connectivity index (χ0) is 19.5. The third kappa shape index (κ3) is 3.43. The van der Waals surface area contributed by atoms with Gasteiger partial charge in [-0.25, -0.2) is 4.39 Å². The number of anilines is 1. The summed E-state index contributed by atoms with van der Waals surface area (Å²) in [6, 6.07) is 14.0. The Labute approximate surface area is 162 Å².